The maximum absolute atomic E-state index is 11.2. The first kappa shape index (κ1) is 15.4. The van der Waals surface area contributed by atoms with E-state index in [1.54, 1.807) is 0 Å². The summed E-state index contributed by atoms with van der Waals surface area (Å²) in [5.74, 6) is -0.297. The lowest BCUT2D eigenvalue weighted by Gasteiger charge is -2.19. The Morgan fingerprint density at radius 2 is 1.75 bits per heavy atom. The van der Waals surface area contributed by atoms with Crippen molar-refractivity contribution in [1.29, 1.82) is 0 Å². The Balaban J connectivity index is 3.28. The van der Waals surface area contributed by atoms with Crippen LogP contribution >= 0.6 is 0 Å². The van der Waals surface area contributed by atoms with E-state index < -0.39 is 5.60 Å². The van der Waals surface area contributed by atoms with Gasteiger partial charge in [-0.25, -0.2) is 4.79 Å². The molecule has 0 amide bonds. The lowest BCUT2D eigenvalue weighted by molar-refractivity contribution is -0.160. The first-order chi connectivity index (χ1) is 7.45. The molecule has 0 unspecified atom stereocenters. The Labute approximate surface area is 98.5 Å². The number of carbonyl (C=O) groups excluding carboxylic acids is 1. The van der Waals surface area contributed by atoms with Crippen molar-refractivity contribution >= 4 is 5.97 Å². The van der Waals surface area contributed by atoms with Gasteiger partial charge >= 0.3 is 5.97 Å². The minimum absolute atomic E-state index is 0.0498. The Hall–Kier alpha value is -0.610. The summed E-state index contributed by atoms with van der Waals surface area (Å²) in [6, 6.07) is 0. The van der Waals surface area contributed by atoms with Crippen LogP contribution < -0.4 is 5.73 Å². The van der Waals surface area contributed by atoms with Gasteiger partial charge in [0.05, 0.1) is 0 Å². The first-order valence-corrected chi connectivity index (χ1v) is 5.95. The van der Waals surface area contributed by atoms with E-state index in [-0.39, 0.29) is 12.6 Å². The van der Waals surface area contributed by atoms with Crippen molar-refractivity contribution in [2.75, 3.05) is 19.8 Å². The van der Waals surface area contributed by atoms with Gasteiger partial charge in [-0.15, -0.1) is 0 Å². The Kier molecular flexibility index (Phi) is 8.21. The summed E-state index contributed by atoms with van der Waals surface area (Å²) < 4.78 is 10.3. The quantitative estimate of drug-likeness (QED) is 0.511. The first-order valence-electron chi connectivity index (χ1n) is 5.95. The predicted molar refractivity (Wildman–Crippen MR) is 64.2 cm³/mol. The fraction of sp³-hybridized carbons (Fsp3) is 0.917. The van der Waals surface area contributed by atoms with Gasteiger partial charge in [-0.1, -0.05) is 12.8 Å². The van der Waals surface area contributed by atoms with Crippen LogP contribution in [0.3, 0.4) is 0 Å². The monoisotopic (exact) mass is 231 g/mol. The second-order valence-electron chi connectivity index (χ2n) is 4.84. The van der Waals surface area contributed by atoms with E-state index in [2.05, 4.69) is 0 Å². The molecule has 0 radical (unpaired) electrons. The number of esters is 1. The van der Waals surface area contributed by atoms with Crippen LogP contribution in [0.25, 0.3) is 0 Å². The molecule has 96 valence electrons. The van der Waals surface area contributed by atoms with Crippen molar-refractivity contribution < 1.29 is 14.3 Å². The summed E-state index contributed by atoms with van der Waals surface area (Å²) in [6.45, 7) is 6.95. The summed E-state index contributed by atoms with van der Waals surface area (Å²) in [5.41, 5.74) is 4.95. The fourth-order valence-electron chi connectivity index (χ4n) is 1.23. The van der Waals surface area contributed by atoms with E-state index in [1.165, 1.54) is 0 Å². The van der Waals surface area contributed by atoms with Crippen molar-refractivity contribution in [1.82, 2.24) is 0 Å². The minimum atomic E-state index is -0.429. The highest BCUT2D eigenvalue weighted by Crippen LogP contribution is 2.07. The molecule has 0 fully saturated rings. The van der Waals surface area contributed by atoms with Crippen molar-refractivity contribution in [2.45, 2.75) is 52.1 Å². The molecule has 4 heteroatoms. The third-order valence-corrected chi connectivity index (χ3v) is 1.88. The molecule has 0 bridgehead atoms. The topological polar surface area (TPSA) is 61.5 Å². The number of carbonyl (C=O) groups is 1. The van der Waals surface area contributed by atoms with Crippen molar-refractivity contribution in [3.05, 3.63) is 0 Å². The summed E-state index contributed by atoms with van der Waals surface area (Å²) in [6.07, 6.45) is 4.27. The molecule has 0 saturated heterocycles. The van der Waals surface area contributed by atoms with Gasteiger partial charge in [-0.2, -0.15) is 0 Å². The fourth-order valence-corrected chi connectivity index (χ4v) is 1.23. The molecule has 0 spiro atoms. The SMILES string of the molecule is CC(C)(C)OC(=O)COCCCCCCN. The normalized spacial score (nSPS) is 11.5. The van der Waals surface area contributed by atoms with Crippen molar-refractivity contribution in [2.24, 2.45) is 5.73 Å². The molecule has 2 N–H and O–H groups in total. The van der Waals surface area contributed by atoms with E-state index in [0.29, 0.717) is 6.61 Å². The zero-order valence-electron chi connectivity index (χ0n) is 10.8. The summed E-state index contributed by atoms with van der Waals surface area (Å²) in [7, 11) is 0. The summed E-state index contributed by atoms with van der Waals surface area (Å²) in [5, 5.41) is 0. The third-order valence-electron chi connectivity index (χ3n) is 1.88. The largest absolute Gasteiger partial charge is 0.458 e. The molecule has 0 aromatic heterocycles. The van der Waals surface area contributed by atoms with Crippen LogP contribution in [0.1, 0.15) is 46.5 Å². The van der Waals surface area contributed by atoms with Crippen LogP contribution in [-0.2, 0) is 14.3 Å². The zero-order valence-corrected chi connectivity index (χ0v) is 10.8. The van der Waals surface area contributed by atoms with Crippen molar-refractivity contribution in [3.8, 4) is 0 Å². The van der Waals surface area contributed by atoms with Gasteiger partial charge in [-0.05, 0) is 40.2 Å². The van der Waals surface area contributed by atoms with Crippen LogP contribution in [0, 0.1) is 0 Å². The Bertz CT molecular complexity index is 187. The molecule has 0 atom stereocenters. The number of nitrogens with two attached hydrogens (primary N) is 1. The van der Waals surface area contributed by atoms with Gasteiger partial charge in [-0.3, -0.25) is 0 Å². The second-order valence-corrected chi connectivity index (χ2v) is 4.84. The Morgan fingerprint density at radius 1 is 1.12 bits per heavy atom. The highest BCUT2D eigenvalue weighted by Gasteiger charge is 2.15. The van der Waals surface area contributed by atoms with Gasteiger partial charge in [0.2, 0.25) is 0 Å². The standard InChI is InChI=1S/C12H25NO3/c1-12(2,3)16-11(14)10-15-9-7-5-4-6-8-13/h4-10,13H2,1-3H3. The lowest BCUT2D eigenvalue weighted by atomic mass is 10.2. The number of unbranched alkanes of at least 4 members (excludes halogenated alkanes) is 3. The number of hydrogen-bond acceptors (Lipinski definition) is 4. The summed E-state index contributed by atoms with van der Waals surface area (Å²) >= 11 is 0. The van der Waals surface area contributed by atoms with Crippen LogP contribution in [0.5, 0.6) is 0 Å². The molecular formula is C12H25NO3. The molecule has 0 aliphatic heterocycles. The molecule has 0 rings (SSSR count). The van der Waals surface area contributed by atoms with Crippen molar-refractivity contribution in [3.63, 3.8) is 0 Å². The lowest BCUT2D eigenvalue weighted by Crippen LogP contribution is -2.26. The van der Waals surface area contributed by atoms with Gasteiger partial charge < -0.3 is 15.2 Å². The maximum Gasteiger partial charge on any atom is 0.332 e. The van der Waals surface area contributed by atoms with Crippen LogP contribution in [0.2, 0.25) is 0 Å². The molecule has 0 aromatic carbocycles. The van der Waals surface area contributed by atoms with E-state index in [4.69, 9.17) is 15.2 Å². The number of rotatable bonds is 8. The van der Waals surface area contributed by atoms with Gasteiger partial charge in [0.15, 0.2) is 0 Å². The second kappa shape index (κ2) is 8.53. The average molecular weight is 231 g/mol. The molecular weight excluding hydrogens is 206 g/mol. The molecule has 0 heterocycles. The van der Waals surface area contributed by atoms with Crippen LogP contribution in [-0.4, -0.2) is 31.3 Å². The smallest absolute Gasteiger partial charge is 0.332 e. The van der Waals surface area contributed by atoms with E-state index >= 15 is 0 Å². The van der Waals surface area contributed by atoms with Gasteiger partial charge in [0, 0.05) is 6.61 Å². The molecule has 0 saturated carbocycles. The van der Waals surface area contributed by atoms with E-state index in [1.807, 2.05) is 20.8 Å². The maximum atomic E-state index is 11.2. The van der Waals surface area contributed by atoms with Gasteiger partial charge in [0.1, 0.15) is 12.2 Å². The molecule has 0 aliphatic carbocycles. The molecule has 4 nitrogen and oxygen atoms in total. The predicted octanol–water partition coefficient (Wildman–Crippen LogP) is 1.86. The molecule has 0 aliphatic rings. The molecule has 16 heavy (non-hydrogen) atoms. The van der Waals surface area contributed by atoms with Crippen LogP contribution in [0.4, 0.5) is 0 Å². The number of ether oxygens (including phenoxy) is 2. The zero-order chi connectivity index (χ0) is 12.4. The molecule has 0 aromatic rings. The Morgan fingerprint density at radius 3 is 2.31 bits per heavy atom. The highest BCUT2D eigenvalue weighted by molar-refractivity contribution is 5.71. The third kappa shape index (κ3) is 11.5. The highest BCUT2D eigenvalue weighted by atomic mass is 16.6. The minimum Gasteiger partial charge on any atom is -0.458 e. The van der Waals surface area contributed by atoms with E-state index in [0.717, 1.165) is 32.2 Å². The average Bonchev–Trinajstić information content (AvgIpc) is 2.13. The van der Waals surface area contributed by atoms with E-state index in [9.17, 15) is 4.79 Å². The van der Waals surface area contributed by atoms with Crippen LogP contribution in [0.15, 0.2) is 0 Å². The van der Waals surface area contributed by atoms with Gasteiger partial charge in [0.25, 0.3) is 0 Å². The number of hydrogen-bond donors (Lipinski definition) is 1. The summed E-state index contributed by atoms with van der Waals surface area (Å²) in [4.78, 5) is 11.2.